The molecule has 0 radical (unpaired) electrons. The Labute approximate surface area is 222 Å². The van der Waals surface area contributed by atoms with Crippen LogP contribution in [0.5, 0.6) is 11.5 Å². The van der Waals surface area contributed by atoms with Crippen molar-refractivity contribution < 1.29 is 18.7 Å². The standard InChI is InChI=1S/C31H30FN3O3/c1-2-27(23-11-5-3-6-12-23)30(36)33-21-22-35(31(37)34-29-16-10-9-15-28(29)32)24-17-19-26(20-18-24)38-25-13-7-4-8-14-25/h3-20,27H,2,21-22H2,1H3,(H,33,36)(H,34,37). The monoisotopic (exact) mass is 511 g/mol. The van der Waals surface area contributed by atoms with Crippen molar-refractivity contribution in [3.05, 3.63) is 121 Å². The summed E-state index contributed by atoms with van der Waals surface area (Å²) < 4.78 is 20.1. The summed E-state index contributed by atoms with van der Waals surface area (Å²) in [5.74, 6) is 0.373. The molecule has 7 heteroatoms. The largest absolute Gasteiger partial charge is 0.457 e. The number of halogens is 1. The molecule has 0 aliphatic rings. The van der Waals surface area contributed by atoms with Gasteiger partial charge >= 0.3 is 6.03 Å². The van der Waals surface area contributed by atoms with Gasteiger partial charge in [-0.3, -0.25) is 9.69 Å². The molecule has 194 valence electrons. The van der Waals surface area contributed by atoms with Crippen LogP contribution >= 0.6 is 0 Å². The highest BCUT2D eigenvalue weighted by atomic mass is 19.1. The number of urea groups is 1. The van der Waals surface area contributed by atoms with E-state index in [9.17, 15) is 14.0 Å². The third kappa shape index (κ3) is 6.97. The molecule has 4 rings (SSSR count). The third-order valence-electron chi connectivity index (χ3n) is 6.05. The lowest BCUT2D eigenvalue weighted by Crippen LogP contribution is -2.42. The molecule has 1 unspecified atom stereocenters. The number of nitrogens with zero attached hydrogens (tertiary/aromatic N) is 1. The van der Waals surface area contributed by atoms with Crippen LogP contribution < -0.4 is 20.3 Å². The summed E-state index contributed by atoms with van der Waals surface area (Å²) in [5.41, 5.74) is 1.59. The van der Waals surface area contributed by atoms with Crippen LogP contribution in [0.2, 0.25) is 0 Å². The van der Waals surface area contributed by atoms with E-state index < -0.39 is 11.8 Å². The number of nitrogens with one attached hydrogen (secondary N) is 2. The number of benzene rings is 4. The molecule has 2 N–H and O–H groups in total. The van der Waals surface area contributed by atoms with Crippen LogP contribution in [0.15, 0.2) is 109 Å². The zero-order valence-electron chi connectivity index (χ0n) is 21.1. The number of rotatable bonds is 10. The fourth-order valence-corrected chi connectivity index (χ4v) is 4.08. The van der Waals surface area contributed by atoms with Gasteiger partial charge in [0.2, 0.25) is 5.91 Å². The van der Waals surface area contributed by atoms with E-state index in [1.165, 1.54) is 17.0 Å². The Morgan fingerprint density at radius 3 is 2.08 bits per heavy atom. The van der Waals surface area contributed by atoms with Crippen molar-refractivity contribution in [1.29, 1.82) is 0 Å². The molecule has 6 nitrogen and oxygen atoms in total. The summed E-state index contributed by atoms with van der Waals surface area (Å²) in [6.45, 7) is 2.36. The third-order valence-corrected chi connectivity index (χ3v) is 6.05. The van der Waals surface area contributed by atoms with Crippen molar-refractivity contribution in [1.82, 2.24) is 5.32 Å². The quantitative estimate of drug-likeness (QED) is 0.242. The summed E-state index contributed by atoms with van der Waals surface area (Å²) in [6.07, 6.45) is 0.649. The fourth-order valence-electron chi connectivity index (χ4n) is 4.08. The van der Waals surface area contributed by atoms with Crippen molar-refractivity contribution in [2.24, 2.45) is 0 Å². The molecule has 0 aliphatic carbocycles. The number of hydrogen-bond acceptors (Lipinski definition) is 3. The molecule has 3 amide bonds. The molecule has 4 aromatic rings. The van der Waals surface area contributed by atoms with Gasteiger partial charge in [0.05, 0.1) is 11.6 Å². The maximum atomic E-state index is 14.2. The molecule has 0 aromatic heterocycles. The molecular weight excluding hydrogens is 481 g/mol. The van der Waals surface area contributed by atoms with Gasteiger partial charge in [0.25, 0.3) is 0 Å². The lowest BCUT2D eigenvalue weighted by Gasteiger charge is -2.24. The van der Waals surface area contributed by atoms with Gasteiger partial charge in [-0.15, -0.1) is 0 Å². The smallest absolute Gasteiger partial charge is 0.326 e. The highest BCUT2D eigenvalue weighted by Crippen LogP contribution is 2.25. The molecule has 0 heterocycles. The van der Waals surface area contributed by atoms with Crippen molar-refractivity contribution in [2.75, 3.05) is 23.3 Å². The van der Waals surface area contributed by atoms with Gasteiger partial charge in [-0.1, -0.05) is 67.6 Å². The topological polar surface area (TPSA) is 70.7 Å². The van der Waals surface area contributed by atoms with E-state index >= 15 is 0 Å². The van der Waals surface area contributed by atoms with E-state index in [4.69, 9.17) is 4.74 Å². The van der Waals surface area contributed by atoms with Crippen LogP contribution in [0, 0.1) is 5.82 Å². The number of para-hydroxylation sites is 2. The Morgan fingerprint density at radius 2 is 1.42 bits per heavy atom. The zero-order chi connectivity index (χ0) is 26.7. The Hall–Kier alpha value is -4.65. The van der Waals surface area contributed by atoms with E-state index in [-0.39, 0.29) is 30.6 Å². The molecular formula is C31H30FN3O3. The first-order valence-corrected chi connectivity index (χ1v) is 12.5. The summed E-state index contributed by atoms with van der Waals surface area (Å²) >= 11 is 0. The highest BCUT2D eigenvalue weighted by molar-refractivity contribution is 6.02. The first-order chi connectivity index (χ1) is 18.5. The molecule has 0 spiro atoms. The van der Waals surface area contributed by atoms with E-state index in [0.717, 1.165) is 5.56 Å². The van der Waals surface area contributed by atoms with Crippen LogP contribution in [0.25, 0.3) is 0 Å². The minimum absolute atomic E-state index is 0.0747. The molecule has 0 saturated heterocycles. The molecule has 0 bridgehead atoms. The Bertz CT molecular complexity index is 1330. The van der Waals surface area contributed by atoms with Crippen molar-refractivity contribution in [2.45, 2.75) is 19.3 Å². The van der Waals surface area contributed by atoms with Crippen LogP contribution in [0.3, 0.4) is 0 Å². The van der Waals surface area contributed by atoms with Crippen molar-refractivity contribution in [3.63, 3.8) is 0 Å². The van der Waals surface area contributed by atoms with E-state index in [1.54, 1.807) is 36.4 Å². The molecule has 0 fully saturated rings. The fraction of sp³-hybridized carbons (Fsp3) is 0.161. The van der Waals surface area contributed by atoms with Gasteiger partial charge in [-0.2, -0.15) is 0 Å². The van der Waals surface area contributed by atoms with Crippen molar-refractivity contribution in [3.8, 4) is 11.5 Å². The first-order valence-electron chi connectivity index (χ1n) is 12.5. The number of hydrogen-bond donors (Lipinski definition) is 2. The average molecular weight is 512 g/mol. The van der Waals surface area contributed by atoms with Gasteiger partial charge in [-0.05, 0) is 60.5 Å². The van der Waals surface area contributed by atoms with Crippen LogP contribution in [0.1, 0.15) is 24.8 Å². The second-order valence-corrected chi connectivity index (χ2v) is 8.63. The van der Waals surface area contributed by atoms with Crippen LogP contribution in [0.4, 0.5) is 20.6 Å². The Morgan fingerprint density at radius 1 is 0.816 bits per heavy atom. The Balaban J connectivity index is 1.47. The second kappa shape index (κ2) is 13.1. The normalized spacial score (nSPS) is 11.3. The molecule has 0 aliphatic heterocycles. The molecule has 0 saturated carbocycles. The summed E-state index contributed by atoms with van der Waals surface area (Å²) in [4.78, 5) is 27.6. The maximum Gasteiger partial charge on any atom is 0.326 e. The predicted molar refractivity (Wildman–Crippen MR) is 148 cm³/mol. The second-order valence-electron chi connectivity index (χ2n) is 8.63. The van der Waals surface area contributed by atoms with Gasteiger partial charge in [-0.25, -0.2) is 9.18 Å². The average Bonchev–Trinajstić information content (AvgIpc) is 2.94. The first kappa shape index (κ1) is 26.4. The number of amides is 3. The number of ether oxygens (including phenoxy) is 1. The number of carbonyl (C=O) groups is 2. The van der Waals surface area contributed by atoms with Gasteiger partial charge in [0.1, 0.15) is 17.3 Å². The summed E-state index contributed by atoms with van der Waals surface area (Å²) in [5, 5.41) is 5.58. The minimum Gasteiger partial charge on any atom is -0.457 e. The van der Waals surface area contributed by atoms with Crippen LogP contribution in [-0.2, 0) is 4.79 Å². The maximum absolute atomic E-state index is 14.2. The lowest BCUT2D eigenvalue weighted by atomic mass is 9.96. The summed E-state index contributed by atoms with van der Waals surface area (Å²) in [6, 6.07) is 31.4. The van der Waals surface area contributed by atoms with Crippen molar-refractivity contribution >= 4 is 23.3 Å². The Kier molecular flexibility index (Phi) is 9.07. The predicted octanol–water partition coefficient (Wildman–Crippen LogP) is 6.97. The zero-order valence-corrected chi connectivity index (χ0v) is 21.1. The SMILES string of the molecule is CCC(C(=O)NCCN(C(=O)Nc1ccccc1F)c1ccc(Oc2ccccc2)cc1)c1ccccc1. The lowest BCUT2D eigenvalue weighted by molar-refractivity contribution is -0.122. The summed E-state index contributed by atoms with van der Waals surface area (Å²) in [7, 11) is 0. The number of anilines is 2. The minimum atomic E-state index is -0.533. The highest BCUT2D eigenvalue weighted by Gasteiger charge is 2.21. The van der Waals surface area contributed by atoms with Gasteiger partial charge < -0.3 is 15.4 Å². The number of carbonyl (C=O) groups excluding carboxylic acids is 2. The van der Waals surface area contributed by atoms with Gasteiger partial charge in [0, 0.05) is 18.8 Å². The molecule has 38 heavy (non-hydrogen) atoms. The molecule has 4 aromatic carbocycles. The van der Waals surface area contributed by atoms with Gasteiger partial charge in [0.15, 0.2) is 0 Å². The van der Waals surface area contributed by atoms with E-state index in [1.807, 2.05) is 67.6 Å². The molecule has 1 atom stereocenters. The van der Waals surface area contributed by atoms with E-state index in [0.29, 0.717) is 23.6 Å². The van der Waals surface area contributed by atoms with E-state index in [2.05, 4.69) is 10.6 Å². The van der Waals surface area contributed by atoms with Crippen LogP contribution in [-0.4, -0.2) is 25.0 Å².